The fourth-order valence-electron chi connectivity index (χ4n) is 1.01. The molecule has 0 fully saturated rings. The van der Waals surface area contributed by atoms with Gasteiger partial charge in [-0.2, -0.15) is 0 Å². The monoisotopic (exact) mass is 191 g/mol. The highest BCUT2D eigenvalue weighted by molar-refractivity contribution is 7.89. The van der Waals surface area contributed by atoms with Crippen LogP contribution in [0.4, 0.5) is 0 Å². The minimum absolute atomic E-state index is 0.713. The first-order valence-electron chi connectivity index (χ1n) is 4.49. The van der Waals surface area contributed by atoms with E-state index in [0.29, 0.717) is 6.54 Å². The molecule has 0 aliphatic carbocycles. The Kier molecular flexibility index (Phi) is 3.97. The predicted octanol–water partition coefficient (Wildman–Crippen LogP) is 0.667. The van der Waals surface area contributed by atoms with E-state index in [1.165, 1.54) is 0 Å². The number of nitrogens with one attached hydrogen (secondary N) is 2. The second-order valence-electron chi connectivity index (χ2n) is 2.87. The van der Waals surface area contributed by atoms with Gasteiger partial charge in [-0.15, -0.1) is 0 Å². The van der Waals surface area contributed by atoms with Crippen LogP contribution < -0.4 is 9.44 Å². The van der Waals surface area contributed by atoms with E-state index in [9.17, 15) is 4.21 Å². The molecule has 0 amide bonds. The summed E-state index contributed by atoms with van der Waals surface area (Å²) in [6, 6.07) is 0. The Morgan fingerprint density at radius 1 is 1.67 bits per heavy atom. The molecule has 0 aromatic carbocycles. The smallest absolute Gasteiger partial charge is 0.172 e. The SMILES string of the molecule is CCCCNS1(=O)=NCCCN1. The van der Waals surface area contributed by atoms with Gasteiger partial charge in [-0.25, -0.2) is 18.0 Å². The summed E-state index contributed by atoms with van der Waals surface area (Å²) in [5, 5.41) is 0. The fraction of sp³-hybridized carbons (Fsp3) is 1.00. The molecule has 4 nitrogen and oxygen atoms in total. The molecule has 1 aliphatic rings. The summed E-state index contributed by atoms with van der Waals surface area (Å²) in [6.45, 7) is 4.41. The summed E-state index contributed by atoms with van der Waals surface area (Å²) in [5.74, 6) is 0. The van der Waals surface area contributed by atoms with Crippen molar-refractivity contribution in [3.05, 3.63) is 0 Å². The van der Waals surface area contributed by atoms with Crippen molar-refractivity contribution in [1.29, 1.82) is 0 Å². The Labute approximate surface area is 74.6 Å². The molecular weight excluding hydrogens is 174 g/mol. The van der Waals surface area contributed by atoms with E-state index in [2.05, 4.69) is 20.7 Å². The molecule has 0 spiro atoms. The average molecular weight is 191 g/mol. The summed E-state index contributed by atoms with van der Waals surface area (Å²) < 4.78 is 21.6. The van der Waals surface area contributed by atoms with Crippen LogP contribution in [0.25, 0.3) is 0 Å². The zero-order chi connectivity index (χ0) is 8.86. The van der Waals surface area contributed by atoms with Crippen LogP contribution in [0.3, 0.4) is 0 Å². The second-order valence-corrected chi connectivity index (χ2v) is 4.76. The first-order valence-corrected chi connectivity index (χ1v) is 6.00. The van der Waals surface area contributed by atoms with Gasteiger partial charge in [0.2, 0.25) is 0 Å². The van der Waals surface area contributed by atoms with Crippen LogP contribution in [0.1, 0.15) is 26.2 Å². The Morgan fingerprint density at radius 2 is 2.50 bits per heavy atom. The standard InChI is InChI=1S/C7H17N3OS/c1-2-3-5-8-12(11)9-6-4-7-10-12/h2-7H2,1H3,(H2,8,9,10,11). The maximum Gasteiger partial charge on any atom is 0.172 e. The lowest BCUT2D eigenvalue weighted by atomic mass is 10.3. The highest BCUT2D eigenvalue weighted by atomic mass is 32.2. The third-order valence-corrected chi connectivity index (χ3v) is 3.47. The van der Waals surface area contributed by atoms with Gasteiger partial charge in [-0.3, -0.25) is 0 Å². The van der Waals surface area contributed by atoms with Crippen molar-refractivity contribution in [3.63, 3.8) is 0 Å². The van der Waals surface area contributed by atoms with Crippen molar-refractivity contribution in [2.75, 3.05) is 19.6 Å². The molecule has 72 valence electrons. The summed E-state index contributed by atoms with van der Waals surface area (Å²) in [6.07, 6.45) is 3.16. The number of hydrogen-bond acceptors (Lipinski definition) is 2. The first-order chi connectivity index (χ1) is 5.77. The minimum Gasteiger partial charge on any atom is -0.219 e. The molecular formula is C7H17N3OS. The molecule has 1 rings (SSSR count). The summed E-state index contributed by atoms with van der Waals surface area (Å²) in [5.41, 5.74) is 0. The highest BCUT2D eigenvalue weighted by Gasteiger charge is 2.09. The van der Waals surface area contributed by atoms with Gasteiger partial charge in [-0.05, 0) is 12.8 Å². The van der Waals surface area contributed by atoms with Crippen molar-refractivity contribution < 1.29 is 4.21 Å². The summed E-state index contributed by atoms with van der Waals surface area (Å²) in [7, 11) is -2.24. The van der Waals surface area contributed by atoms with E-state index in [1.807, 2.05) is 0 Å². The minimum atomic E-state index is -2.24. The third-order valence-electron chi connectivity index (χ3n) is 1.73. The molecule has 0 aromatic heterocycles. The van der Waals surface area contributed by atoms with Gasteiger partial charge >= 0.3 is 0 Å². The molecule has 5 heteroatoms. The van der Waals surface area contributed by atoms with Crippen LogP contribution in [0, 0.1) is 0 Å². The van der Waals surface area contributed by atoms with Crippen molar-refractivity contribution in [1.82, 2.24) is 9.44 Å². The summed E-state index contributed by atoms with van der Waals surface area (Å²) >= 11 is 0. The molecule has 0 aromatic rings. The lowest BCUT2D eigenvalue weighted by Crippen LogP contribution is -2.40. The fourth-order valence-corrected chi connectivity index (χ4v) is 2.53. The largest absolute Gasteiger partial charge is 0.219 e. The molecule has 0 saturated heterocycles. The highest BCUT2D eigenvalue weighted by Crippen LogP contribution is 1.96. The van der Waals surface area contributed by atoms with Gasteiger partial charge < -0.3 is 0 Å². The van der Waals surface area contributed by atoms with E-state index < -0.39 is 10.1 Å². The molecule has 1 atom stereocenters. The van der Waals surface area contributed by atoms with Crippen molar-refractivity contribution in [3.8, 4) is 0 Å². The number of nitrogens with zero attached hydrogens (tertiary/aromatic N) is 1. The Bertz CT molecular complexity index is 233. The van der Waals surface area contributed by atoms with Crippen LogP contribution in [0.15, 0.2) is 4.36 Å². The van der Waals surface area contributed by atoms with Crippen LogP contribution >= 0.6 is 0 Å². The number of rotatable bonds is 4. The molecule has 0 saturated carbocycles. The predicted molar refractivity (Wildman–Crippen MR) is 51.0 cm³/mol. The van der Waals surface area contributed by atoms with E-state index >= 15 is 0 Å². The molecule has 1 unspecified atom stereocenters. The van der Waals surface area contributed by atoms with E-state index in [4.69, 9.17) is 0 Å². The van der Waals surface area contributed by atoms with Gasteiger partial charge in [-0.1, -0.05) is 13.3 Å². The third kappa shape index (κ3) is 3.08. The van der Waals surface area contributed by atoms with Crippen LogP contribution in [0.5, 0.6) is 0 Å². The summed E-state index contributed by atoms with van der Waals surface area (Å²) in [4.78, 5) is 0. The molecule has 2 N–H and O–H groups in total. The second kappa shape index (κ2) is 4.79. The van der Waals surface area contributed by atoms with Gasteiger partial charge in [0.15, 0.2) is 10.1 Å². The van der Waals surface area contributed by atoms with Crippen LogP contribution in [-0.2, 0) is 10.1 Å². The lowest BCUT2D eigenvalue weighted by Gasteiger charge is -2.16. The van der Waals surface area contributed by atoms with E-state index in [-0.39, 0.29) is 0 Å². The van der Waals surface area contributed by atoms with Gasteiger partial charge in [0, 0.05) is 13.1 Å². The van der Waals surface area contributed by atoms with E-state index in [1.54, 1.807) is 0 Å². The molecule has 0 radical (unpaired) electrons. The molecule has 12 heavy (non-hydrogen) atoms. The maximum atomic E-state index is 11.7. The van der Waals surface area contributed by atoms with Crippen LogP contribution in [0.2, 0.25) is 0 Å². The topological polar surface area (TPSA) is 53.5 Å². The van der Waals surface area contributed by atoms with Crippen molar-refractivity contribution in [2.45, 2.75) is 26.2 Å². The van der Waals surface area contributed by atoms with Crippen molar-refractivity contribution in [2.24, 2.45) is 4.36 Å². The van der Waals surface area contributed by atoms with Gasteiger partial charge in [0.05, 0.1) is 6.54 Å². The zero-order valence-electron chi connectivity index (χ0n) is 7.51. The Balaban J connectivity index is 2.37. The van der Waals surface area contributed by atoms with Gasteiger partial charge in [0.1, 0.15) is 0 Å². The number of unbranched alkanes of at least 4 members (excludes halogenated alkanes) is 1. The van der Waals surface area contributed by atoms with Gasteiger partial charge in [0.25, 0.3) is 0 Å². The zero-order valence-corrected chi connectivity index (χ0v) is 8.32. The normalized spacial score (nSPS) is 29.8. The molecule has 1 heterocycles. The first kappa shape index (κ1) is 9.95. The maximum absolute atomic E-state index is 11.7. The number of hydrogen-bond donors (Lipinski definition) is 2. The Morgan fingerprint density at radius 3 is 3.08 bits per heavy atom. The quantitative estimate of drug-likeness (QED) is 0.630. The van der Waals surface area contributed by atoms with Crippen LogP contribution in [-0.4, -0.2) is 23.8 Å². The molecule has 1 aliphatic heterocycles. The molecule has 0 bridgehead atoms. The Hall–Kier alpha value is -0.130. The average Bonchev–Trinajstić information content (AvgIpc) is 2.06. The lowest BCUT2D eigenvalue weighted by molar-refractivity contribution is 0.626. The van der Waals surface area contributed by atoms with E-state index in [0.717, 1.165) is 32.4 Å². The van der Waals surface area contributed by atoms with Crippen molar-refractivity contribution >= 4 is 10.1 Å².